The van der Waals surface area contributed by atoms with E-state index in [1.54, 1.807) is 19.1 Å². The molecular formula is C18H23NO4. The number of hydrogen-bond acceptors (Lipinski definition) is 5. The van der Waals surface area contributed by atoms with Gasteiger partial charge in [-0.15, -0.1) is 0 Å². The molecule has 3 N–H and O–H groups in total. The summed E-state index contributed by atoms with van der Waals surface area (Å²) in [6, 6.07) is 3.29. The van der Waals surface area contributed by atoms with Crippen molar-refractivity contribution in [1.82, 2.24) is 5.32 Å². The number of hydrogen-bond donors (Lipinski definition) is 3. The van der Waals surface area contributed by atoms with Crippen molar-refractivity contribution < 1.29 is 19.7 Å². The lowest BCUT2D eigenvalue weighted by molar-refractivity contribution is -0.147. The van der Waals surface area contributed by atoms with Crippen molar-refractivity contribution in [1.29, 1.82) is 0 Å². The van der Waals surface area contributed by atoms with Crippen LogP contribution in [0.25, 0.3) is 6.08 Å². The van der Waals surface area contributed by atoms with E-state index < -0.39 is 17.1 Å². The van der Waals surface area contributed by atoms with E-state index in [1.807, 2.05) is 7.05 Å². The lowest BCUT2D eigenvalue weighted by atomic mass is 9.57. The quantitative estimate of drug-likeness (QED) is 0.788. The van der Waals surface area contributed by atoms with Gasteiger partial charge in [0.05, 0.1) is 11.0 Å². The third kappa shape index (κ3) is 2.03. The first-order valence-electron chi connectivity index (χ1n) is 7.94. The zero-order valence-electron chi connectivity index (χ0n) is 13.6. The average Bonchev–Trinajstić information content (AvgIpc) is 2.89. The molecule has 0 unspecified atom stereocenters. The standard InChI is InChI=1S/C18H23NO4/c1-4-11-5-6-12(20)15-14(11)18(9-10-19-3)16(23-15)13(21)7-8-17(18,2)22/h4-6,16,19-20,22H,1,7-10H2,2-3H3/t16-,17-,18-/m0/s1. The molecule has 2 aliphatic rings. The van der Waals surface area contributed by atoms with E-state index in [0.29, 0.717) is 30.7 Å². The normalized spacial score (nSPS) is 32.1. The monoisotopic (exact) mass is 317 g/mol. The molecule has 3 rings (SSSR count). The molecule has 1 aromatic carbocycles. The van der Waals surface area contributed by atoms with Gasteiger partial charge < -0.3 is 20.3 Å². The number of phenolic OH excluding ortho intramolecular Hbond substituents is 1. The van der Waals surface area contributed by atoms with Crippen molar-refractivity contribution in [2.45, 2.75) is 43.3 Å². The molecular weight excluding hydrogens is 294 g/mol. The minimum Gasteiger partial charge on any atom is -0.504 e. The van der Waals surface area contributed by atoms with Gasteiger partial charge in [0.15, 0.2) is 23.4 Å². The van der Waals surface area contributed by atoms with Gasteiger partial charge in [0, 0.05) is 12.0 Å². The summed E-state index contributed by atoms with van der Waals surface area (Å²) < 4.78 is 5.90. The Morgan fingerprint density at radius 3 is 2.91 bits per heavy atom. The maximum atomic E-state index is 12.5. The van der Waals surface area contributed by atoms with Gasteiger partial charge in [0.25, 0.3) is 0 Å². The number of Topliss-reactive ketones (excluding diaryl/α,β-unsaturated/α-hetero) is 1. The van der Waals surface area contributed by atoms with Gasteiger partial charge in [-0.25, -0.2) is 0 Å². The highest BCUT2D eigenvalue weighted by molar-refractivity contribution is 5.89. The lowest BCUT2D eigenvalue weighted by Crippen LogP contribution is -2.62. The molecule has 124 valence electrons. The Balaban J connectivity index is 2.31. The first kappa shape index (κ1) is 16.0. The minimum atomic E-state index is -1.11. The molecule has 3 atom stereocenters. The van der Waals surface area contributed by atoms with Crippen molar-refractivity contribution in [2.75, 3.05) is 13.6 Å². The zero-order valence-corrected chi connectivity index (χ0v) is 13.6. The summed E-state index contributed by atoms with van der Waals surface area (Å²) in [4.78, 5) is 12.5. The van der Waals surface area contributed by atoms with E-state index in [9.17, 15) is 15.0 Å². The Bertz CT molecular complexity index is 667. The summed E-state index contributed by atoms with van der Waals surface area (Å²) in [5.41, 5.74) is -0.514. The van der Waals surface area contributed by atoms with Gasteiger partial charge >= 0.3 is 0 Å². The summed E-state index contributed by atoms with van der Waals surface area (Å²) in [5, 5.41) is 24.5. The molecule has 1 aliphatic heterocycles. The number of aromatic hydroxyl groups is 1. The van der Waals surface area contributed by atoms with Crippen molar-refractivity contribution in [3.63, 3.8) is 0 Å². The first-order chi connectivity index (χ1) is 10.9. The van der Waals surface area contributed by atoms with Crippen LogP contribution >= 0.6 is 0 Å². The number of carbonyl (C=O) groups is 1. The number of rotatable bonds is 4. The topological polar surface area (TPSA) is 78.8 Å². The van der Waals surface area contributed by atoms with Crippen LogP contribution in [0.2, 0.25) is 0 Å². The molecule has 1 aromatic rings. The highest BCUT2D eigenvalue weighted by atomic mass is 16.5. The summed E-state index contributed by atoms with van der Waals surface area (Å²) >= 11 is 0. The molecule has 0 spiro atoms. The predicted molar refractivity (Wildman–Crippen MR) is 87.7 cm³/mol. The summed E-state index contributed by atoms with van der Waals surface area (Å²) in [6.07, 6.45) is 2.09. The van der Waals surface area contributed by atoms with Gasteiger partial charge in [0.1, 0.15) is 0 Å². The highest BCUT2D eigenvalue weighted by Gasteiger charge is 2.64. The Hall–Kier alpha value is -1.85. The molecule has 0 amide bonds. The number of benzene rings is 1. The average molecular weight is 317 g/mol. The van der Waals surface area contributed by atoms with Crippen LogP contribution in [-0.4, -0.2) is 41.3 Å². The smallest absolute Gasteiger partial charge is 0.174 e. The molecule has 5 heteroatoms. The molecule has 0 saturated heterocycles. The number of nitrogens with one attached hydrogen (secondary N) is 1. The maximum Gasteiger partial charge on any atom is 0.174 e. The zero-order chi connectivity index (χ0) is 16.8. The van der Waals surface area contributed by atoms with Crippen LogP contribution in [0.4, 0.5) is 0 Å². The van der Waals surface area contributed by atoms with E-state index >= 15 is 0 Å². The molecule has 1 heterocycles. The molecule has 23 heavy (non-hydrogen) atoms. The van der Waals surface area contributed by atoms with Crippen LogP contribution < -0.4 is 10.1 Å². The molecule has 0 bridgehead atoms. The number of carbonyl (C=O) groups excluding carboxylic acids is 1. The predicted octanol–water partition coefficient (Wildman–Crippen LogP) is 1.76. The van der Waals surface area contributed by atoms with E-state index in [2.05, 4.69) is 11.9 Å². The van der Waals surface area contributed by atoms with Crippen LogP contribution in [0, 0.1) is 0 Å². The molecule has 1 fully saturated rings. The first-order valence-corrected chi connectivity index (χ1v) is 7.94. The largest absolute Gasteiger partial charge is 0.504 e. The number of fused-ring (bicyclic) bond motifs is 3. The number of aliphatic hydroxyl groups is 1. The van der Waals surface area contributed by atoms with Crippen molar-refractivity contribution in [3.05, 3.63) is 29.8 Å². The fourth-order valence-corrected chi connectivity index (χ4v) is 4.15. The third-order valence-electron chi connectivity index (χ3n) is 5.40. The van der Waals surface area contributed by atoms with Crippen LogP contribution in [0.3, 0.4) is 0 Å². The molecule has 5 nitrogen and oxygen atoms in total. The number of phenols is 1. The minimum absolute atomic E-state index is 0.00701. The Morgan fingerprint density at radius 2 is 2.26 bits per heavy atom. The fourth-order valence-electron chi connectivity index (χ4n) is 4.15. The van der Waals surface area contributed by atoms with Crippen molar-refractivity contribution in [2.24, 2.45) is 0 Å². The number of ketones is 1. The van der Waals surface area contributed by atoms with Crippen LogP contribution in [-0.2, 0) is 10.2 Å². The van der Waals surface area contributed by atoms with Crippen LogP contribution in [0.15, 0.2) is 18.7 Å². The van der Waals surface area contributed by atoms with E-state index in [4.69, 9.17) is 4.74 Å². The molecule has 1 saturated carbocycles. The molecule has 0 aromatic heterocycles. The summed E-state index contributed by atoms with van der Waals surface area (Å²) in [5.74, 6) is 0.268. The Labute approximate surface area is 136 Å². The van der Waals surface area contributed by atoms with E-state index in [1.165, 1.54) is 6.07 Å². The fraction of sp³-hybridized carbons (Fsp3) is 0.500. The second-order valence-electron chi connectivity index (χ2n) is 6.65. The second kappa shape index (κ2) is 5.35. The SMILES string of the molecule is C=Cc1ccc(O)c2c1[C@@]1(CCNC)[C@@H](O2)C(=O)CC[C@]1(C)O. The van der Waals surface area contributed by atoms with E-state index in [0.717, 1.165) is 5.56 Å². The van der Waals surface area contributed by atoms with Gasteiger partial charge in [-0.2, -0.15) is 0 Å². The Morgan fingerprint density at radius 1 is 1.52 bits per heavy atom. The van der Waals surface area contributed by atoms with Crippen LogP contribution in [0.1, 0.15) is 37.3 Å². The van der Waals surface area contributed by atoms with Gasteiger partial charge in [-0.1, -0.05) is 18.7 Å². The van der Waals surface area contributed by atoms with Crippen molar-refractivity contribution >= 4 is 11.9 Å². The molecule has 0 radical (unpaired) electrons. The van der Waals surface area contributed by atoms with Gasteiger partial charge in [0.2, 0.25) is 0 Å². The summed E-state index contributed by atoms with van der Waals surface area (Å²) in [6.45, 7) is 6.22. The van der Waals surface area contributed by atoms with Crippen molar-refractivity contribution in [3.8, 4) is 11.5 Å². The van der Waals surface area contributed by atoms with Gasteiger partial charge in [-0.05, 0) is 45.0 Å². The number of ether oxygens (including phenoxy) is 1. The van der Waals surface area contributed by atoms with Gasteiger partial charge in [-0.3, -0.25) is 4.79 Å². The van der Waals surface area contributed by atoms with Crippen LogP contribution in [0.5, 0.6) is 11.5 Å². The molecule has 1 aliphatic carbocycles. The third-order valence-corrected chi connectivity index (χ3v) is 5.40. The lowest BCUT2D eigenvalue weighted by Gasteiger charge is -2.48. The summed E-state index contributed by atoms with van der Waals surface area (Å²) in [7, 11) is 1.83. The maximum absolute atomic E-state index is 12.5. The highest BCUT2D eigenvalue weighted by Crippen LogP contribution is 2.59. The Kier molecular flexibility index (Phi) is 3.73. The van der Waals surface area contributed by atoms with E-state index in [-0.39, 0.29) is 18.0 Å². The second-order valence-corrected chi connectivity index (χ2v) is 6.65.